The molecule has 6 nitrogen and oxygen atoms in total. The van der Waals surface area contributed by atoms with Crippen molar-refractivity contribution in [2.24, 2.45) is 0 Å². The molecule has 132 valence electrons. The van der Waals surface area contributed by atoms with E-state index in [-0.39, 0.29) is 6.03 Å². The summed E-state index contributed by atoms with van der Waals surface area (Å²) >= 11 is 0. The zero-order valence-corrected chi connectivity index (χ0v) is 14.5. The third-order valence-electron chi connectivity index (χ3n) is 4.28. The Morgan fingerprint density at radius 3 is 2.56 bits per heavy atom. The number of hydrogen-bond donors (Lipinski definition) is 2. The summed E-state index contributed by atoms with van der Waals surface area (Å²) in [4.78, 5) is 18.7. The minimum Gasteiger partial charge on any atom is -0.497 e. The van der Waals surface area contributed by atoms with Gasteiger partial charge in [-0.25, -0.2) is 9.78 Å². The molecule has 2 N–H and O–H groups in total. The average molecular weight is 340 g/mol. The third-order valence-corrected chi connectivity index (χ3v) is 4.28. The lowest BCUT2D eigenvalue weighted by molar-refractivity contribution is 0.240. The number of amides is 2. The number of nitrogens with one attached hydrogen (secondary N) is 2. The summed E-state index contributed by atoms with van der Waals surface area (Å²) < 4.78 is 5.18. The van der Waals surface area contributed by atoms with Gasteiger partial charge in [0, 0.05) is 32.4 Å². The monoisotopic (exact) mass is 340 g/mol. The van der Waals surface area contributed by atoms with Crippen LogP contribution >= 0.6 is 0 Å². The van der Waals surface area contributed by atoms with Gasteiger partial charge in [0.1, 0.15) is 11.6 Å². The van der Waals surface area contributed by atoms with E-state index in [9.17, 15) is 4.79 Å². The number of benzene rings is 1. The maximum Gasteiger partial charge on any atom is 0.315 e. The topological polar surface area (TPSA) is 66.5 Å². The van der Waals surface area contributed by atoms with Crippen molar-refractivity contribution in [3.8, 4) is 5.75 Å². The molecule has 2 aromatic rings. The Bertz CT molecular complexity index is 714. The van der Waals surface area contributed by atoms with Gasteiger partial charge in [-0.3, -0.25) is 0 Å². The molecule has 0 atom stereocenters. The highest BCUT2D eigenvalue weighted by molar-refractivity contribution is 5.73. The highest BCUT2D eigenvalue weighted by atomic mass is 16.5. The molecule has 2 amide bonds. The van der Waals surface area contributed by atoms with Gasteiger partial charge in [0.2, 0.25) is 0 Å². The molecule has 6 heteroatoms. The Morgan fingerprint density at radius 2 is 1.84 bits per heavy atom. The van der Waals surface area contributed by atoms with E-state index in [0.717, 1.165) is 35.8 Å². The summed E-state index contributed by atoms with van der Waals surface area (Å²) in [5, 5.41) is 5.75. The molecule has 1 aliphatic heterocycles. The van der Waals surface area contributed by atoms with Crippen LogP contribution in [0.25, 0.3) is 0 Å². The molecule has 1 aliphatic rings. The Labute approximate surface area is 148 Å². The first-order chi connectivity index (χ1) is 12.2. The zero-order chi connectivity index (χ0) is 17.5. The molecule has 25 heavy (non-hydrogen) atoms. The quantitative estimate of drug-likeness (QED) is 0.848. The van der Waals surface area contributed by atoms with Crippen molar-refractivity contribution >= 4 is 11.8 Å². The van der Waals surface area contributed by atoms with Gasteiger partial charge >= 0.3 is 6.03 Å². The molecule has 0 aliphatic carbocycles. The minimum atomic E-state index is -0.192. The van der Waals surface area contributed by atoms with Crippen LogP contribution in [0.5, 0.6) is 5.75 Å². The average Bonchev–Trinajstić information content (AvgIpc) is 3.20. The van der Waals surface area contributed by atoms with Crippen molar-refractivity contribution < 1.29 is 9.53 Å². The van der Waals surface area contributed by atoms with Gasteiger partial charge < -0.3 is 20.3 Å². The van der Waals surface area contributed by atoms with E-state index < -0.39 is 0 Å². The van der Waals surface area contributed by atoms with Gasteiger partial charge in [0.25, 0.3) is 0 Å². The molecule has 3 rings (SSSR count). The lowest BCUT2D eigenvalue weighted by Gasteiger charge is -2.17. The number of carbonyl (C=O) groups excluding carboxylic acids is 1. The fourth-order valence-electron chi connectivity index (χ4n) is 2.90. The smallest absolute Gasteiger partial charge is 0.315 e. The van der Waals surface area contributed by atoms with E-state index in [1.807, 2.05) is 36.4 Å². The van der Waals surface area contributed by atoms with E-state index in [1.54, 1.807) is 13.3 Å². The lowest BCUT2D eigenvalue weighted by Crippen LogP contribution is -2.34. The second-order valence-electron chi connectivity index (χ2n) is 6.10. The van der Waals surface area contributed by atoms with Crippen LogP contribution in [0.1, 0.15) is 24.0 Å². The summed E-state index contributed by atoms with van der Waals surface area (Å²) in [5.74, 6) is 1.78. The molecule has 0 spiro atoms. The predicted octanol–water partition coefficient (Wildman–Crippen LogP) is 2.69. The van der Waals surface area contributed by atoms with Crippen molar-refractivity contribution in [2.75, 3.05) is 25.1 Å². The van der Waals surface area contributed by atoms with Crippen LogP contribution in [0, 0.1) is 0 Å². The highest BCUT2D eigenvalue weighted by Crippen LogP contribution is 2.18. The minimum absolute atomic E-state index is 0.192. The lowest BCUT2D eigenvalue weighted by atomic mass is 10.2. The molecular formula is C19H24N4O2. The van der Waals surface area contributed by atoms with Crippen LogP contribution in [-0.2, 0) is 13.1 Å². The molecule has 1 aromatic heterocycles. The third kappa shape index (κ3) is 4.86. The largest absolute Gasteiger partial charge is 0.497 e. The second kappa shape index (κ2) is 8.37. The van der Waals surface area contributed by atoms with E-state index >= 15 is 0 Å². The molecular weight excluding hydrogens is 316 g/mol. The number of rotatable bonds is 6. The van der Waals surface area contributed by atoms with Gasteiger partial charge in [0.05, 0.1) is 7.11 Å². The Morgan fingerprint density at radius 1 is 1.12 bits per heavy atom. The number of nitrogens with zero attached hydrogens (tertiary/aromatic N) is 2. The summed E-state index contributed by atoms with van der Waals surface area (Å²) in [5.41, 5.74) is 2.04. The summed E-state index contributed by atoms with van der Waals surface area (Å²) in [6, 6.07) is 11.4. The number of pyridine rings is 1. The Hall–Kier alpha value is -2.76. The van der Waals surface area contributed by atoms with Crippen LogP contribution in [0.15, 0.2) is 42.6 Å². The Kier molecular flexibility index (Phi) is 5.72. The molecule has 1 fully saturated rings. The SMILES string of the molecule is COc1cccc(CNC(=O)NCc2ccnc(N3CCCC3)c2)c1. The summed E-state index contributed by atoms with van der Waals surface area (Å²) in [6.45, 7) is 3.06. The standard InChI is InChI=1S/C19H24N4O2/c1-25-17-6-4-5-15(11-17)13-21-19(24)22-14-16-7-8-20-18(12-16)23-9-2-3-10-23/h4-8,11-12H,2-3,9-10,13-14H2,1H3,(H2,21,22,24). The highest BCUT2D eigenvalue weighted by Gasteiger charge is 2.13. The van der Waals surface area contributed by atoms with Crippen LogP contribution in [-0.4, -0.2) is 31.2 Å². The van der Waals surface area contributed by atoms with Crippen molar-refractivity contribution in [1.82, 2.24) is 15.6 Å². The van der Waals surface area contributed by atoms with Crippen molar-refractivity contribution in [3.05, 3.63) is 53.7 Å². The van der Waals surface area contributed by atoms with E-state index in [0.29, 0.717) is 13.1 Å². The molecule has 1 saturated heterocycles. The number of carbonyl (C=O) groups is 1. The zero-order valence-electron chi connectivity index (χ0n) is 14.5. The van der Waals surface area contributed by atoms with Crippen LogP contribution in [0.3, 0.4) is 0 Å². The molecule has 0 unspecified atom stereocenters. The molecule has 0 saturated carbocycles. The predicted molar refractivity (Wildman–Crippen MR) is 97.8 cm³/mol. The number of urea groups is 1. The van der Waals surface area contributed by atoms with Crippen LogP contribution in [0.4, 0.5) is 10.6 Å². The molecule has 2 heterocycles. The van der Waals surface area contributed by atoms with Gasteiger partial charge in [-0.05, 0) is 48.2 Å². The first-order valence-corrected chi connectivity index (χ1v) is 8.59. The van der Waals surface area contributed by atoms with E-state index in [2.05, 4.69) is 20.5 Å². The maximum absolute atomic E-state index is 12.0. The van der Waals surface area contributed by atoms with E-state index in [1.165, 1.54) is 12.8 Å². The molecule has 0 bridgehead atoms. The summed E-state index contributed by atoms with van der Waals surface area (Å²) in [6.07, 6.45) is 4.24. The molecule has 0 radical (unpaired) electrons. The van der Waals surface area contributed by atoms with Gasteiger partial charge in [0.15, 0.2) is 0 Å². The van der Waals surface area contributed by atoms with Crippen LogP contribution < -0.4 is 20.3 Å². The van der Waals surface area contributed by atoms with Gasteiger partial charge in [-0.15, -0.1) is 0 Å². The van der Waals surface area contributed by atoms with Crippen molar-refractivity contribution in [2.45, 2.75) is 25.9 Å². The number of methoxy groups -OCH3 is 1. The van der Waals surface area contributed by atoms with Crippen molar-refractivity contribution in [1.29, 1.82) is 0 Å². The second-order valence-corrected chi connectivity index (χ2v) is 6.10. The summed E-state index contributed by atoms with van der Waals surface area (Å²) in [7, 11) is 1.63. The first-order valence-electron chi connectivity index (χ1n) is 8.59. The van der Waals surface area contributed by atoms with Crippen molar-refractivity contribution in [3.63, 3.8) is 0 Å². The fraction of sp³-hybridized carbons (Fsp3) is 0.368. The Balaban J connectivity index is 1.48. The maximum atomic E-state index is 12.0. The van der Waals surface area contributed by atoms with Crippen LogP contribution in [0.2, 0.25) is 0 Å². The number of aromatic nitrogens is 1. The normalized spacial score (nSPS) is 13.6. The van der Waals surface area contributed by atoms with Gasteiger partial charge in [-0.2, -0.15) is 0 Å². The number of ether oxygens (including phenoxy) is 1. The first kappa shape index (κ1) is 17.1. The van der Waals surface area contributed by atoms with Gasteiger partial charge in [-0.1, -0.05) is 12.1 Å². The molecule has 1 aromatic carbocycles. The number of hydrogen-bond acceptors (Lipinski definition) is 4. The van der Waals surface area contributed by atoms with E-state index in [4.69, 9.17) is 4.74 Å². The number of anilines is 1. The fourth-order valence-corrected chi connectivity index (χ4v) is 2.90.